The first-order valence-corrected chi connectivity index (χ1v) is 7.95. The quantitative estimate of drug-likeness (QED) is 0.867. The standard InChI is InChI=1S/C12H11BrN2O3S/c1-19(16,17)10-6-3-7-15-12(10)18-9-5-2-4-8(14)11(9)13/h2-7H,14H2,1H3. The highest BCUT2D eigenvalue weighted by atomic mass is 79.9. The van der Waals surface area contributed by atoms with Gasteiger partial charge in [0.25, 0.3) is 0 Å². The second-order valence-electron chi connectivity index (χ2n) is 3.84. The van der Waals surface area contributed by atoms with Gasteiger partial charge in [0.2, 0.25) is 5.88 Å². The van der Waals surface area contributed by atoms with E-state index >= 15 is 0 Å². The van der Waals surface area contributed by atoms with Crippen molar-refractivity contribution in [3.63, 3.8) is 0 Å². The maximum atomic E-state index is 11.6. The Morgan fingerprint density at radius 1 is 1.26 bits per heavy atom. The number of anilines is 1. The number of aromatic nitrogens is 1. The topological polar surface area (TPSA) is 82.3 Å². The van der Waals surface area contributed by atoms with Gasteiger partial charge < -0.3 is 10.5 Å². The molecule has 2 rings (SSSR count). The van der Waals surface area contributed by atoms with Gasteiger partial charge in [-0.15, -0.1) is 0 Å². The van der Waals surface area contributed by atoms with Crippen LogP contribution in [0.2, 0.25) is 0 Å². The minimum atomic E-state index is -3.41. The number of nitrogen functional groups attached to an aromatic ring is 1. The van der Waals surface area contributed by atoms with Crippen LogP contribution in [0.5, 0.6) is 11.6 Å². The molecule has 0 fully saturated rings. The maximum absolute atomic E-state index is 11.6. The highest BCUT2D eigenvalue weighted by Crippen LogP contribution is 2.34. The maximum Gasteiger partial charge on any atom is 0.238 e. The molecule has 2 N–H and O–H groups in total. The molecule has 0 spiro atoms. The number of hydrogen-bond donors (Lipinski definition) is 1. The molecule has 2 aromatic rings. The number of pyridine rings is 1. The fourth-order valence-electron chi connectivity index (χ4n) is 1.45. The molecule has 0 aliphatic carbocycles. The van der Waals surface area contributed by atoms with Gasteiger partial charge in [-0.1, -0.05) is 6.07 Å². The SMILES string of the molecule is CS(=O)(=O)c1cccnc1Oc1cccc(N)c1Br. The molecule has 0 unspecified atom stereocenters. The number of rotatable bonds is 3. The number of nitrogens with two attached hydrogens (primary N) is 1. The molecule has 0 atom stereocenters. The summed E-state index contributed by atoms with van der Waals surface area (Å²) in [5, 5.41) is 0. The summed E-state index contributed by atoms with van der Waals surface area (Å²) in [6.45, 7) is 0. The molecule has 1 heterocycles. The van der Waals surface area contributed by atoms with E-state index in [9.17, 15) is 8.42 Å². The first-order chi connectivity index (χ1) is 8.89. The van der Waals surface area contributed by atoms with Crippen LogP contribution in [-0.4, -0.2) is 19.7 Å². The molecule has 0 aliphatic heterocycles. The van der Waals surface area contributed by atoms with Crippen LogP contribution < -0.4 is 10.5 Å². The van der Waals surface area contributed by atoms with Crippen molar-refractivity contribution in [2.24, 2.45) is 0 Å². The van der Waals surface area contributed by atoms with Gasteiger partial charge in [-0.3, -0.25) is 0 Å². The van der Waals surface area contributed by atoms with Crippen molar-refractivity contribution in [3.05, 3.63) is 41.0 Å². The number of benzene rings is 1. The molecular weight excluding hydrogens is 332 g/mol. The third-order valence-corrected chi connectivity index (χ3v) is 4.29. The van der Waals surface area contributed by atoms with Crippen molar-refractivity contribution in [1.82, 2.24) is 4.98 Å². The van der Waals surface area contributed by atoms with Gasteiger partial charge in [0, 0.05) is 18.1 Å². The van der Waals surface area contributed by atoms with Crippen LogP contribution in [0.4, 0.5) is 5.69 Å². The lowest BCUT2D eigenvalue weighted by atomic mass is 10.3. The molecule has 0 saturated heterocycles. The van der Waals surface area contributed by atoms with E-state index in [1.165, 1.54) is 18.3 Å². The summed E-state index contributed by atoms with van der Waals surface area (Å²) in [5.74, 6) is 0.430. The van der Waals surface area contributed by atoms with E-state index in [0.29, 0.717) is 15.9 Å². The van der Waals surface area contributed by atoms with E-state index in [1.54, 1.807) is 18.2 Å². The summed E-state index contributed by atoms with van der Waals surface area (Å²) < 4.78 is 29.4. The summed E-state index contributed by atoms with van der Waals surface area (Å²) in [4.78, 5) is 3.98. The van der Waals surface area contributed by atoms with Crippen LogP contribution in [0.15, 0.2) is 45.9 Å². The predicted molar refractivity (Wildman–Crippen MR) is 76.0 cm³/mol. The van der Waals surface area contributed by atoms with Gasteiger partial charge >= 0.3 is 0 Å². The number of hydrogen-bond acceptors (Lipinski definition) is 5. The minimum Gasteiger partial charge on any atom is -0.436 e. The third-order valence-electron chi connectivity index (χ3n) is 2.34. The molecule has 7 heteroatoms. The minimum absolute atomic E-state index is 0.0244. The average Bonchev–Trinajstić information content (AvgIpc) is 2.34. The van der Waals surface area contributed by atoms with Crippen LogP contribution in [0.1, 0.15) is 0 Å². The number of ether oxygens (including phenoxy) is 1. The fraction of sp³-hybridized carbons (Fsp3) is 0.0833. The summed E-state index contributed by atoms with van der Waals surface area (Å²) in [5.41, 5.74) is 6.23. The number of sulfone groups is 1. The van der Waals surface area contributed by atoms with E-state index in [-0.39, 0.29) is 10.8 Å². The summed E-state index contributed by atoms with van der Waals surface area (Å²) in [6, 6.07) is 8.06. The first kappa shape index (κ1) is 13.8. The molecule has 0 radical (unpaired) electrons. The van der Waals surface area contributed by atoms with Crippen molar-refractivity contribution in [3.8, 4) is 11.6 Å². The molecule has 1 aromatic heterocycles. The van der Waals surface area contributed by atoms with Gasteiger partial charge in [0.05, 0.1) is 4.47 Å². The third kappa shape index (κ3) is 3.05. The van der Waals surface area contributed by atoms with Gasteiger partial charge in [-0.25, -0.2) is 13.4 Å². The molecule has 0 amide bonds. The normalized spacial score (nSPS) is 11.3. The Bertz CT molecular complexity index is 717. The number of nitrogens with zero attached hydrogens (tertiary/aromatic N) is 1. The Labute approximate surface area is 119 Å². The van der Waals surface area contributed by atoms with Crippen molar-refractivity contribution >= 4 is 31.5 Å². The van der Waals surface area contributed by atoms with Gasteiger partial charge in [-0.05, 0) is 40.2 Å². The van der Waals surface area contributed by atoms with Crippen LogP contribution in [0, 0.1) is 0 Å². The Kier molecular flexibility index (Phi) is 3.77. The van der Waals surface area contributed by atoms with Crippen LogP contribution >= 0.6 is 15.9 Å². The Morgan fingerprint density at radius 3 is 2.68 bits per heavy atom. The summed E-state index contributed by atoms with van der Waals surface area (Å²) >= 11 is 3.29. The second kappa shape index (κ2) is 5.18. The van der Waals surface area contributed by atoms with E-state index in [2.05, 4.69) is 20.9 Å². The molecule has 1 aromatic carbocycles. The highest BCUT2D eigenvalue weighted by molar-refractivity contribution is 9.10. The first-order valence-electron chi connectivity index (χ1n) is 5.26. The second-order valence-corrected chi connectivity index (χ2v) is 6.62. The summed E-state index contributed by atoms with van der Waals surface area (Å²) in [6.07, 6.45) is 2.56. The zero-order valence-electron chi connectivity index (χ0n) is 10.00. The van der Waals surface area contributed by atoms with Crippen molar-refractivity contribution in [2.45, 2.75) is 4.90 Å². The Morgan fingerprint density at radius 2 is 2.00 bits per heavy atom. The summed E-state index contributed by atoms with van der Waals surface area (Å²) in [7, 11) is -3.41. The molecule has 0 bridgehead atoms. The van der Waals surface area contributed by atoms with Gasteiger partial charge in [-0.2, -0.15) is 0 Å². The lowest BCUT2D eigenvalue weighted by molar-refractivity contribution is 0.445. The lowest BCUT2D eigenvalue weighted by Crippen LogP contribution is -2.02. The van der Waals surface area contributed by atoms with Crippen molar-refractivity contribution < 1.29 is 13.2 Å². The van der Waals surface area contributed by atoms with E-state index in [4.69, 9.17) is 10.5 Å². The zero-order valence-corrected chi connectivity index (χ0v) is 12.4. The highest BCUT2D eigenvalue weighted by Gasteiger charge is 2.17. The van der Waals surface area contributed by atoms with E-state index < -0.39 is 9.84 Å². The smallest absolute Gasteiger partial charge is 0.238 e. The monoisotopic (exact) mass is 342 g/mol. The lowest BCUT2D eigenvalue weighted by Gasteiger charge is -2.10. The van der Waals surface area contributed by atoms with Crippen LogP contribution in [0.3, 0.4) is 0 Å². The molecule has 19 heavy (non-hydrogen) atoms. The Hall–Kier alpha value is -1.60. The Balaban J connectivity index is 2.48. The fourth-order valence-corrected chi connectivity index (χ4v) is 2.53. The van der Waals surface area contributed by atoms with Crippen LogP contribution in [-0.2, 0) is 9.84 Å². The predicted octanol–water partition coefficient (Wildman–Crippen LogP) is 2.62. The molecule has 100 valence electrons. The van der Waals surface area contributed by atoms with E-state index in [1.807, 2.05) is 0 Å². The van der Waals surface area contributed by atoms with Gasteiger partial charge in [0.1, 0.15) is 10.6 Å². The van der Waals surface area contributed by atoms with Crippen molar-refractivity contribution in [2.75, 3.05) is 12.0 Å². The van der Waals surface area contributed by atoms with Gasteiger partial charge in [0.15, 0.2) is 9.84 Å². The molecular formula is C12H11BrN2O3S. The van der Waals surface area contributed by atoms with E-state index in [0.717, 1.165) is 6.26 Å². The molecule has 5 nitrogen and oxygen atoms in total. The largest absolute Gasteiger partial charge is 0.436 e. The van der Waals surface area contributed by atoms with Crippen molar-refractivity contribution in [1.29, 1.82) is 0 Å². The van der Waals surface area contributed by atoms with Crippen LogP contribution in [0.25, 0.3) is 0 Å². The molecule has 0 saturated carbocycles. The number of halogens is 1. The average molecular weight is 343 g/mol. The molecule has 0 aliphatic rings. The zero-order chi connectivity index (χ0) is 14.0.